The Morgan fingerprint density at radius 1 is 1.47 bits per heavy atom. The summed E-state index contributed by atoms with van der Waals surface area (Å²) in [5.41, 5.74) is 7.22. The minimum absolute atomic E-state index is 0.0794. The maximum absolute atomic E-state index is 5.99. The summed E-state index contributed by atoms with van der Waals surface area (Å²) in [6.07, 6.45) is 2.24. The maximum atomic E-state index is 5.99. The molecule has 2 rings (SSSR count). The number of hydrogen-bond acceptors (Lipinski definition) is 4. The van der Waals surface area contributed by atoms with Crippen LogP contribution in [-0.2, 0) is 4.74 Å². The summed E-state index contributed by atoms with van der Waals surface area (Å²) in [7, 11) is 3.79. The van der Waals surface area contributed by atoms with Crippen LogP contribution in [0.2, 0.25) is 0 Å². The standard InChI is InChI=1S/C15H24N2O2/c1-17(13-5-3-6-14(9-13)18-2)11-15(10-16)7-4-8-19-12-15/h3,5-6,9H,4,7-8,10-12,16H2,1-2H3. The smallest absolute Gasteiger partial charge is 0.120 e. The first-order valence-corrected chi connectivity index (χ1v) is 6.82. The van der Waals surface area contributed by atoms with E-state index in [9.17, 15) is 0 Å². The maximum Gasteiger partial charge on any atom is 0.120 e. The number of nitrogens with zero attached hydrogens (tertiary/aromatic N) is 1. The molecular weight excluding hydrogens is 240 g/mol. The van der Waals surface area contributed by atoms with E-state index in [0.717, 1.165) is 44.0 Å². The molecule has 1 saturated heterocycles. The molecule has 0 aromatic heterocycles. The molecule has 1 aromatic carbocycles. The third-order valence-electron chi connectivity index (χ3n) is 3.90. The normalized spacial score (nSPS) is 23.1. The van der Waals surface area contributed by atoms with Gasteiger partial charge in [-0.1, -0.05) is 6.07 Å². The number of methoxy groups -OCH3 is 1. The monoisotopic (exact) mass is 264 g/mol. The van der Waals surface area contributed by atoms with Crippen molar-refractivity contribution in [2.45, 2.75) is 12.8 Å². The van der Waals surface area contributed by atoms with Crippen molar-refractivity contribution in [3.63, 3.8) is 0 Å². The first-order valence-electron chi connectivity index (χ1n) is 6.82. The molecule has 1 atom stereocenters. The largest absolute Gasteiger partial charge is 0.497 e. The molecule has 1 aromatic rings. The van der Waals surface area contributed by atoms with Gasteiger partial charge in [0, 0.05) is 43.9 Å². The van der Waals surface area contributed by atoms with E-state index >= 15 is 0 Å². The third kappa shape index (κ3) is 3.39. The fourth-order valence-corrected chi connectivity index (χ4v) is 2.70. The SMILES string of the molecule is COc1cccc(N(C)CC2(CN)CCCOC2)c1. The number of anilines is 1. The molecule has 4 nitrogen and oxygen atoms in total. The van der Waals surface area contributed by atoms with E-state index in [-0.39, 0.29) is 5.41 Å². The van der Waals surface area contributed by atoms with Crippen LogP contribution in [0.1, 0.15) is 12.8 Å². The summed E-state index contributed by atoms with van der Waals surface area (Å²) in [5.74, 6) is 0.881. The van der Waals surface area contributed by atoms with Crippen LogP contribution in [0.3, 0.4) is 0 Å². The molecule has 1 fully saturated rings. The molecule has 1 unspecified atom stereocenters. The number of nitrogens with two attached hydrogens (primary N) is 1. The predicted octanol–water partition coefficient (Wildman–Crippen LogP) is 1.89. The molecule has 2 N–H and O–H groups in total. The second kappa shape index (κ2) is 6.26. The Morgan fingerprint density at radius 3 is 2.95 bits per heavy atom. The first-order chi connectivity index (χ1) is 9.19. The van der Waals surface area contributed by atoms with E-state index in [1.54, 1.807) is 7.11 Å². The minimum atomic E-state index is 0.0794. The lowest BCUT2D eigenvalue weighted by molar-refractivity contribution is 0.00170. The van der Waals surface area contributed by atoms with Crippen LogP contribution in [0.25, 0.3) is 0 Å². The quantitative estimate of drug-likeness (QED) is 0.882. The molecule has 4 heteroatoms. The average molecular weight is 264 g/mol. The average Bonchev–Trinajstić information content (AvgIpc) is 2.48. The molecule has 1 aliphatic rings. The molecule has 0 aliphatic carbocycles. The summed E-state index contributed by atoms with van der Waals surface area (Å²) in [4.78, 5) is 2.24. The lowest BCUT2D eigenvalue weighted by Gasteiger charge is -2.39. The van der Waals surface area contributed by atoms with Crippen molar-refractivity contribution in [1.82, 2.24) is 0 Å². The molecule has 0 spiro atoms. The van der Waals surface area contributed by atoms with Gasteiger partial charge in [-0.25, -0.2) is 0 Å². The highest BCUT2D eigenvalue weighted by atomic mass is 16.5. The second-order valence-corrected chi connectivity index (χ2v) is 5.42. The molecule has 19 heavy (non-hydrogen) atoms. The number of rotatable bonds is 5. The topological polar surface area (TPSA) is 47.7 Å². The van der Waals surface area contributed by atoms with Crippen molar-refractivity contribution in [2.24, 2.45) is 11.1 Å². The van der Waals surface area contributed by atoms with Gasteiger partial charge in [-0.2, -0.15) is 0 Å². The molecule has 0 amide bonds. The van der Waals surface area contributed by atoms with Crippen LogP contribution in [0, 0.1) is 5.41 Å². The Bertz CT molecular complexity index is 403. The van der Waals surface area contributed by atoms with Crippen molar-refractivity contribution in [3.8, 4) is 5.75 Å². The van der Waals surface area contributed by atoms with Gasteiger partial charge >= 0.3 is 0 Å². The van der Waals surface area contributed by atoms with E-state index in [1.165, 1.54) is 0 Å². The van der Waals surface area contributed by atoms with Crippen molar-refractivity contribution in [3.05, 3.63) is 24.3 Å². The Balaban J connectivity index is 2.07. The lowest BCUT2D eigenvalue weighted by atomic mass is 9.82. The van der Waals surface area contributed by atoms with Crippen LogP contribution in [0.5, 0.6) is 5.75 Å². The number of ether oxygens (including phenoxy) is 2. The molecule has 0 radical (unpaired) electrons. The predicted molar refractivity (Wildman–Crippen MR) is 77.8 cm³/mol. The van der Waals surface area contributed by atoms with Gasteiger partial charge in [0.05, 0.1) is 13.7 Å². The third-order valence-corrected chi connectivity index (χ3v) is 3.90. The van der Waals surface area contributed by atoms with Gasteiger partial charge in [-0.05, 0) is 25.0 Å². The van der Waals surface area contributed by atoms with Crippen molar-refractivity contribution in [2.75, 3.05) is 45.4 Å². The summed E-state index contributed by atoms with van der Waals surface area (Å²) >= 11 is 0. The summed E-state index contributed by atoms with van der Waals surface area (Å²) in [5, 5.41) is 0. The molecule has 1 heterocycles. The fraction of sp³-hybridized carbons (Fsp3) is 0.600. The Hall–Kier alpha value is -1.26. The lowest BCUT2D eigenvalue weighted by Crippen LogP contribution is -2.46. The van der Waals surface area contributed by atoms with E-state index in [1.807, 2.05) is 18.2 Å². The molecule has 1 aliphatic heterocycles. The van der Waals surface area contributed by atoms with Crippen molar-refractivity contribution < 1.29 is 9.47 Å². The Kier molecular flexibility index (Phi) is 4.66. The van der Waals surface area contributed by atoms with Crippen LogP contribution < -0.4 is 15.4 Å². The van der Waals surface area contributed by atoms with Gasteiger partial charge < -0.3 is 20.1 Å². The highest BCUT2D eigenvalue weighted by Gasteiger charge is 2.32. The van der Waals surface area contributed by atoms with Crippen molar-refractivity contribution >= 4 is 5.69 Å². The van der Waals surface area contributed by atoms with E-state index in [0.29, 0.717) is 6.54 Å². The fourth-order valence-electron chi connectivity index (χ4n) is 2.70. The van der Waals surface area contributed by atoms with E-state index in [2.05, 4.69) is 18.0 Å². The van der Waals surface area contributed by atoms with Gasteiger partial charge in [0.25, 0.3) is 0 Å². The summed E-state index contributed by atoms with van der Waals surface area (Å²) in [6.45, 7) is 3.21. The molecule has 0 saturated carbocycles. The van der Waals surface area contributed by atoms with Gasteiger partial charge in [0.2, 0.25) is 0 Å². The molecule has 0 bridgehead atoms. The van der Waals surface area contributed by atoms with Crippen LogP contribution >= 0.6 is 0 Å². The zero-order valence-electron chi connectivity index (χ0n) is 11.9. The van der Waals surface area contributed by atoms with Gasteiger partial charge in [-0.15, -0.1) is 0 Å². The molecule has 106 valence electrons. The Labute approximate surface area is 115 Å². The second-order valence-electron chi connectivity index (χ2n) is 5.42. The minimum Gasteiger partial charge on any atom is -0.497 e. The molecular formula is C15H24N2O2. The zero-order valence-corrected chi connectivity index (χ0v) is 11.9. The van der Waals surface area contributed by atoms with E-state index < -0.39 is 0 Å². The van der Waals surface area contributed by atoms with Crippen LogP contribution in [0.4, 0.5) is 5.69 Å². The number of hydrogen-bond donors (Lipinski definition) is 1. The van der Waals surface area contributed by atoms with Gasteiger partial charge in [0.1, 0.15) is 5.75 Å². The van der Waals surface area contributed by atoms with Crippen molar-refractivity contribution in [1.29, 1.82) is 0 Å². The first kappa shape index (κ1) is 14.2. The zero-order chi connectivity index (χ0) is 13.7. The highest BCUT2D eigenvalue weighted by molar-refractivity contribution is 5.50. The van der Waals surface area contributed by atoms with Gasteiger partial charge in [-0.3, -0.25) is 0 Å². The number of benzene rings is 1. The van der Waals surface area contributed by atoms with Crippen LogP contribution in [-0.4, -0.2) is 40.5 Å². The van der Waals surface area contributed by atoms with E-state index in [4.69, 9.17) is 15.2 Å². The van der Waals surface area contributed by atoms with Crippen LogP contribution in [0.15, 0.2) is 24.3 Å². The van der Waals surface area contributed by atoms with Gasteiger partial charge in [0.15, 0.2) is 0 Å². The summed E-state index contributed by atoms with van der Waals surface area (Å²) in [6, 6.07) is 8.11. The highest BCUT2D eigenvalue weighted by Crippen LogP contribution is 2.30. The summed E-state index contributed by atoms with van der Waals surface area (Å²) < 4.78 is 10.9. The Morgan fingerprint density at radius 2 is 2.32 bits per heavy atom.